The standard InChI is InChI=1S/C15H13F3N2O2/c1-2-3-8-20-12-9-6-4-5-7-10(9)22-13(21)11(12)19-14(20)15(16,17)18/h4-7H,2-3,8H2,1H3. The maximum Gasteiger partial charge on any atom is 0.449 e. The molecule has 0 aliphatic heterocycles. The minimum atomic E-state index is -4.62. The van der Waals surface area contributed by atoms with Crippen molar-refractivity contribution in [1.82, 2.24) is 9.55 Å². The van der Waals surface area contributed by atoms with Crippen LogP contribution in [-0.4, -0.2) is 9.55 Å². The van der Waals surface area contributed by atoms with Crippen LogP contribution in [0.1, 0.15) is 25.6 Å². The van der Waals surface area contributed by atoms with Crippen molar-refractivity contribution in [1.29, 1.82) is 0 Å². The van der Waals surface area contributed by atoms with Crippen LogP contribution in [0.3, 0.4) is 0 Å². The lowest BCUT2D eigenvalue weighted by Gasteiger charge is -2.11. The average molecular weight is 310 g/mol. The smallest absolute Gasteiger partial charge is 0.421 e. The summed E-state index contributed by atoms with van der Waals surface area (Å²) in [5.41, 5.74) is -0.685. The van der Waals surface area contributed by atoms with E-state index >= 15 is 0 Å². The molecular weight excluding hydrogens is 297 g/mol. The molecule has 0 fully saturated rings. The second kappa shape index (κ2) is 5.15. The third-order valence-electron chi connectivity index (χ3n) is 3.49. The SMILES string of the molecule is CCCCn1c(C(F)(F)F)nc2c(=O)oc3ccccc3c21. The van der Waals surface area contributed by atoms with E-state index in [4.69, 9.17) is 4.42 Å². The van der Waals surface area contributed by atoms with Crippen LogP contribution >= 0.6 is 0 Å². The van der Waals surface area contributed by atoms with Crippen LogP contribution in [0.25, 0.3) is 22.0 Å². The minimum Gasteiger partial charge on any atom is -0.421 e. The maximum absolute atomic E-state index is 13.2. The van der Waals surface area contributed by atoms with Crippen LogP contribution in [0.5, 0.6) is 0 Å². The van der Waals surface area contributed by atoms with Crippen LogP contribution in [0.2, 0.25) is 0 Å². The number of imidazole rings is 1. The quantitative estimate of drug-likeness (QED) is 0.688. The molecule has 7 heteroatoms. The van der Waals surface area contributed by atoms with Gasteiger partial charge >= 0.3 is 11.8 Å². The van der Waals surface area contributed by atoms with Crippen molar-refractivity contribution in [3.63, 3.8) is 0 Å². The van der Waals surface area contributed by atoms with Crippen LogP contribution in [0.4, 0.5) is 13.2 Å². The first kappa shape index (κ1) is 14.6. The number of rotatable bonds is 3. The highest BCUT2D eigenvalue weighted by molar-refractivity contribution is 6.01. The second-order valence-corrected chi connectivity index (χ2v) is 5.02. The Morgan fingerprint density at radius 2 is 2.00 bits per heavy atom. The molecule has 0 aliphatic carbocycles. The zero-order valence-electron chi connectivity index (χ0n) is 11.8. The lowest BCUT2D eigenvalue weighted by molar-refractivity contribution is -0.146. The van der Waals surface area contributed by atoms with E-state index in [1.54, 1.807) is 24.3 Å². The van der Waals surface area contributed by atoms with E-state index < -0.39 is 17.6 Å². The van der Waals surface area contributed by atoms with Crippen molar-refractivity contribution in [3.8, 4) is 0 Å². The largest absolute Gasteiger partial charge is 0.449 e. The molecule has 3 rings (SSSR count). The van der Waals surface area contributed by atoms with Gasteiger partial charge in [0.1, 0.15) is 5.58 Å². The predicted octanol–water partition coefficient (Wildman–Crippen LogP) is 3.96. The fourth-order valence-corrected chi connectivity index (χ4v) is 2.52. The number of aromatic nitrogens is 2. The molecule has 3 aromatic rings. The summed E-state index contributed by atoms with van der Waals surface area (Å²) in [6.07, 6.45) is -3.33. The first-order valence-corrected chi connectivity index (χ1v) is 6.92. The third-order valence-corrected chi connectivity index (χ3v) is 3.49. The molecule has 116 valence electrons. The Morgan fingerprint density at radius 3 is 2.68 bits per heavy atom. The Hall–Kier alpha value is -2.31. The molecule has 0 radical (unpaired) electrons. The number of halogens is 3. The van der Waals surface area contributed by atoms with E-state index in [1.165, 1.54) is 0 Å². The lowest BCUT2D eigenvalue weighted by Crippen LogP contribution is -2.15. The van der Waals surface area contributed by atoms with Crippen molar-refractivity contribution < 1.29 is 17.6 Å². The highest BCUT2D eigenvalue weighted by Crippen LogP contribution is 2.33. The molecule has 2 heterocycles. The van der Waals surface area contributed by atoms with Gasteiger partial charge in [-0.15, -0.1) is 0 Å². The van der Waals surface area contributed by atoms with Crippen LogP contribution < -0.4 is 5.63 Å². The molecule has 4 nitrogen and oxygen atoms in total. The van der Waals surface area contributed by atoms with Gasteiger partial charge in [0, 0.05) is 11.9 Å². The number of nitrogens with zero attached hydrogens (tertiary/aromatic N) is 2. The molecule has 0 aliphatic rings. The third kappa shape index (κ3) is 2.26. The van der Waals surface area contributed by atoms with Crippen molar-refractivity contribution in [2.45, 2.75) is 32.5 Å². The summed E-state index contributed by atoms with van der Waals surface area (Å²) in [6, 6.07) is 6.53. The summed E-state index contributed by atoms with van der Waals surface area (Å²) >= 11 is 0. The van der Waals surface area contributed by atoms with Gasteiger partial charge in [-0.25, -0.2) is 9.78 Å². The molecule has 0 spiro atoms. The van der Waals surface area contributed by atoms with E-state index in [1.807, 2.05) is 6.92 Å². The highest BCUT2D eigenvalue weighted by Gasteiger charge is 2.38. The van der Waals surface area contributed by atoms with E-state index in [0.717, 1.165) is 11.0 Å². The predicted molar refractivity (Wildman–Crippen MR) is 75.7 cm³/mol. The molecule has 0 unspecified atom stereocenters. The monoisotopic (exact) mass is 310 g/mol. The minimum absolute atomic E-state index is 0.148. The fourth-order valence-electron chi connectivity index (χ4n) is 2.52. The van der Waals surface area contributed by atoms with E-state index in [0.29, 0.717) is 11.8 Å². The second-order valence-electron chi connectivity index (χ2n) is 5.02. The van der Waals surface area contributed by atoms with Gasteiger partial charge < -0.3 is 8.98 Å². The summed E-state index contributed by atoms with van der Waals surface area (Å²) in [5, 5.41) is 0.455. The Balaban J connectivity index is 2.45. The van der Waals surface area contributed by atoms with Crippen molar-refractivity contribution in [2.24, 2.45) is 0 Å². The molecule has 1 aromatic carbocycles. The fraction of sp³-hybridized carbons (Fsp3) is 0.333. The molecule has 0 atom stereocenters. The van der Waals surface area contributed by atoms with Gasteiger partial charge in [0.05, 0.1) is 5.52 Å². The number of aryl methyl sites for hydroxylation is 1. The van der Waals surface area contributed by atoms with Gasteiger partial charge in [-0.1, -0.05) is 25.5 Å². The summed E-state index contributed by atoms with van der Waals surface area (Å²) in [6.45, 7) is 2.04. The number of benzene rings is 1. The molecule has 0 bridgehead atoms. The number of alkyl halides is 3. The van der Waals surface area contributed by atoms with Crippen molar-refractivity contribution >= 4 is 22.0 Å². The Kier molecular flexibility index (Phi) is 3.42. The summed E-state index contributed by atoms with van der Waals surface area (Å²) in [5.74, 6) is -1.06. The summed E-state index contributed by atoms with van der Waals surface area (Å²) < 4.78 is 45.8. The molecular formula is C15H13F3N2O2. The van der Waals surface area contributed by atoms with Gasteiger partial charge in [-0.2, -0.15) is 13.2 Å². The van der Waals surface area contributed by atoms with Gasteiger partial charge in [-0.3, -0.25) is 0 Å². The summed E-state index contributed by atoms with van der Waals surface area (Å²) in [7, 11) is 0. The van der Waals surface area contributed by atoms with Gasteiger partial charge in [0.2, 0.25) is 5.82 Å². The number of hydrogen-bond acceptors (Lipinski definition) is 3. The van der Waals surface area contributed by atoms with Crippen molar-refractivity contribution in [2.75, 3.05) is 0 Å². The van der Waals surface area contributed by atoms with Gasteiger partial charge in [-0.05, 0) is 18.6 Å². The zero-order chi connectivity index (χ0) is 15.9. The Morgan fingerprint density at radius 1 is 1.27 bits per heavy atom. The molecule has 0 saturated carbocycles. The van der Waals surface area contributed by atoms with Crippen LogP contribution in [0, 0.1) is 0 Å². The van der Waals surface area contributed by atoms with E-state index in [9.17, 15) is 18.0 Å². The van der Waals surface area contributed by atoms with E-state index in [-0.39, 0.29) is 23.2 Å². The average Bonchev–Trinajstić information content (AvgIpc) is 2.86. The first-order valence-electron chi connectivity index (χ1n) is 6.92. The highest BCUT2D eigenvalue weighted by atomic mass is 19.4. The molecule has 0 N–H and O–H groups in total. The zero-order valence-corrected chi connectivity index (χ0v) is 11.8. The lowest BCUT2D eigenvalue weighted by atomic mass is 10.2. The topological polar surface area (TPSA) is 48.0 Å². The number of hydrogen-bond donors (Lipinski definition) is 0. The number of fused-ring (bicyclic) bond motifs is 3. The van der Waals surface area contributed by atoms with Gasteiger partial charge in [0.25, 0.3) is 0 Å². The molecule has 22 heavy (non-hydrogen) atoms. The number of para-hydroxylation sites is 1. The Labute approximate surface area is 123 Å². The maximum atomic E-state index is 13.2. The van der Waals surface area contributed by atoms with E-state index in [2.05, 4.69) is 4.98 Å². The molecule has 0 amide bonds. The normalized spacial score (nSPS) is 12.4. The first-order chi connectivity index (χ1) is 10.4. The number of unbranched alkanes of at least 4 members (excludes halogenated alkanes) is 1. The van der Waals surface area contributed by atoms with Crippen LogP contribution in [-0.2, 0) is 12.7 Å². The molecule has 0 saturated heterocycles. The van der Waals surface area contributed by atoms with Crippen LogP contribution in [0.15, 0.2) is 33.5 Å². The Bertz CT molecular complexity index is 893. The molecule has 2 aromatic heterocycles. The van der Waals surface area contributed by atoms with Crippen molar-refractivity contribution in [3.05, 3.63) is 40.5 Å². The van der Waals surface area contributed by atoms with Gasteiger partial charge in [0.15, 0.2) is 5.52 Å². The summed E-state index contributed by atoms with van der Waals surface area (Å²) in [4.78, 5) is 15.5.